The van der Waals surface area contributed by atoms with Gasteiger partial charge in [0, 0.05) is 18.7 Å². The third-order valence-corrected chi connectivity index (χ3v) is 5.99. The minimum atomic E-state index is -3.55. The molecule has 0 bridgehead atoms. The number of nitrogens with zero attached hydrogens (tertiary/aromatic N) is 1. The monoisotopic (exact) mass is 347 g/mol. The van der Waals surface area contributed by atoms with Crippen LogP contribution in [-0.2, 0) is 10.0 Å². The summed E-state index contributed by atoms with van der Waals surface area (Å²) in [6, 6.07) is 10.3. The SMILES string of the molecule is O=C(O)c1ccc(-c2cccc(S(=O)(=O)N3CCCC3)c2)c(O)c1. The third kappa shape index (κ3) is 3.00. The average Bonchev–Trinajstić information content (AvgIpc) is 3.10. The lowest BCUT2D eigenvalue weighted by Gasteiger charge is -2.16. The molecule has 1 heterocycles. The molecule has 1 aliphatic heterocycles. The lowest BCUT2D eigenvalue weighted by atomic mass is 10.0. The number of carboxylic acid groups (broad SMARTS) is 1. The van der Waals surface area contributed by atoms with E-state index in [0.717, 1.165) is 18.9 Å². The van der Waals surface area contributed by atoms with Crippen molar-refractivity contribution in [2.75, 3.05) is 13.1 Å². The van der Waals surface area contributed by atoms with Crippen molar-refractivity contribution >= 4 is 16.0 Å². The Balaban J connectivity index is 2.01. The van der Waals surface area contributed by atoms with Gasteiger partial charge in [0.1, 0.15) is 5.75 Å². The second kappa shape index (κ2) is 6.26. The van der Waals surface area contributed by atoms with Crippen LogP contribution in [0.25, 0.3) is 11.1 Å². The fourth-order valence-corrected chi connectivity index (χ4v) is 4.37. The van der Waals surface area contributed by atoms with Gasteiger partial charge in [-0.1, -0.05) is 12.1 Å². The van der Waals surface area contributed by atoms with E-state index >= 15 is 0 Å². The quantitative estimate of drug-likeness (QED) is 0.886. The second-order valence-corrected chi connectivity index (χ2v) is 7.61. The molecule has 1 aliphatic rings. The summed E-state index contributed by atoms with van der Waals surface area (Å²) in [6.45, 7) is 1.04. The van der Waals surface area contributed by atoms with Gasteiger partial charge in [-0.2, -0.15) is 4.31 Å². The first-order chi connectivity index (χ1) is 11.4. The van der Waals surface area contributed by atoms with E-state index in [1.807, 2.05) is 0 Å². The van der Waals surface area contributed by atoms with E-state index in [-0.39, 0.29) is 16.2 Å². The summed E-state index contributed by atoms with van der Waals surface area (Å²) in [4.78, 5) is 11.1. The van der Waals surface area contributed by atoms with Crippen LogP contribution in [0.4, 0.5) is 0 Å². The molecule has 2 N–H and O–H groups in total. The summed E-state index contributed by atoms with van der Waals surface area (Å²) < 4.78 is 26.7. The van der Waals surface area contributed by atoms with Gasteiger partial charge in [-0.25, -0.2) is 13.2 Å². The van der Waals surface area contributed by atoms with Gasteiger partial charge in [0.2, 0.25) is 10.0 Å². The van der Waals surface area contributed by atoms with Crippen LogP contribution >= 0.6 is 0 Å². The Morgan fingerprint density at radius 1 is 1.04 bits per heavy atom. The van der Waals surface area contributed by atoms with E-state index in [4.69, 9.17) is 5.11 Å². The van der Waals surface area contributed by atoms with Crippen LogP contribution in [-0.4, -0.2) is 42.0 Å². The molecule has 24 heavy (non-hydrogen) atoms. The van der Waals surface area contributed by atoms with Crippen LogP contribution in [0.5, 0.6) is 5.75 Å². The number of sulfonamides is 1. The van der Waals surface area contributed by atoms with Gasteiger partial charge in [-0.15, -0.1) is 0 Å². The molecule has 0 saturated carbocycles. The molecule has 3 rings (SSSR count). The van der Waals surface area contributed by atoms with Crippen molar-refractivity contribution in [2.45, 2.75) is 17.7 Å². The van der Waals surface area contributed by atoms with Crippen molar-refractivity contribution in [1.29, 1.82) is 0 Å². The number of carbonyl (C=O) groups is 1. The molecule has 0 radical (unpaired) electrons. The zero-order valence-electron chi connectivity index (χ0n) is 12.8. The second-order valence-electron chi connectivity index (χ2n) is 5.68. The Morgan fingerprint density at radius 2 is 1.75 bits per heavy atom. The summed E-state index contributed by atoms with van der Waals surface area (Å²) >= 11 is 0. The molecule has 0 aromatic heterocycles. The highest BCUT2D eigenvalue weighted by molar-refractivity contribution is 7.89. The Hall–Kier alpha value is -2.38. The number of aromatic hydroxyl groups is 1. The van der Waals surface area contributed by atoms with Gasteiger partial charge in [-0.05, 0) is 48.7 Å². The first-order valence-corrected chi connectivity index (χ1v) is 9.00. The number of hydrogen-bond acceptors (Lipinski definition) is 4. The highest BCUT2D eigenvalue weighted by atomic mass is 32.2. The molecule has 1 saturated heterocycles. The van der Waals surface area contributed by atoms with Crippen LogP contribution in [0.15, 0.2) is 47.4 Å². The molecule has 0 aliphatic carbocycles. The summed E-state index contributed by atoms with van der Waals surface area (Å²) in [5, 5.41) is 19.0. The minimum absolute atomic E-state index is 0.0305. The summed E-state index contributed by atoms with van der Waals surface area (Å²) in [5.74, 6) is -1.34. The largest absolute Gasteiger partial charge is 0.507 e. The maximum atomic E-state index is 12.6. The molecule has 2 aromatic rings. The fraction of sp³-hybridized carbons (Fsp3) is 0.235. The zero-order chi connectivity index (χ0) is 17.3. The van der Waals surface area contributed by atoms with Crippen molar-refractivity contribution in [1.82, 2.24) is 4.31 Å². The predicted octanol–water partition coefficient (Wildman–Crippen LogP) is 2.54. The van der Waals surface area contributed by atoms with Gasteiger partial charge in [0.15, 0.2) is 0 Å². The van der Waals surface area contributed by atoms with E-state index < -0.39 is 16.0 Å². The number of rotatable bonds is 4. The van der Waals surface area contributed by atoms with Gasteiger partial charge < -0.3 is 10.2 Å². The fourth-order valence-electron chi connectivity index (χ4n) is 2.81. The van der Waals surface area contributed by atoms with E-state index in [9.17, 15) is 18.3 Å². The van der Waals surface area contributed by atoms with Crippen LogP contribution in [0.1, 0.15) is 23.2 Å². The standard InChI is InChI=1S/C17H17NO5S/c19-16-11-13(17(20)21)6-7-15(16)12-4-3-5-14(10-12)24(22,23)18-8-1-2-9-18/h3-7,10-11,19H,1-2,8-9H2,(H,20,21). The molecule has 7 heteroatoms. The van der Waals surface area contributed by atoms with E-state index in [1.54, 1.807) is 12.1 Å². The molecule has 2 aromatic carbocycles. The van der Waals surface area contributed by atoms with Crippen LogP contribution in [0.2, 0.25) is 0 Å². The Labute approximate surface area is 140 Å². The van der Waals surface area contributed by atoms with E-state index in [1.165, 1.54) is 28.6 Å². The third-order valence-electron chi connectivity index (χ3n) is 4.09. The lowest BCUT2D eigenvalue weighted by Crippen LogP contribution is -2.27. The summed E-state index contributed by atoms with van der Waals surface area (Å²) in [5.41, 5.74) is 0.875. The molecule has 0 atom stereocenters. The van der Waals surface area contributed by atoms with Crippen LogP contribution in [0, 0.1) is 0 Å². The molecule has 0 amide bonds. The molecule has 126 valence electrons. The number of aromatic carboxylic acids is 1. The minimum Gasteiger partial charge on any atom is -0.507 e. The van der Waals surface area contributed by atoms with Crippen molar-refractivity contribution in [3.63, 3.8) is 0 Å². The van der Waals surface area contributed by atoms with Crippen molar-refractivity contribution < 1.29 is 23.4 Å². The van der Waals surface area contributed by atoms with Gasteiger partial charge in [-0.3, -0.25) is 0 Å². The number of carboxylic acids is 1. The summed E-state index contributed by atoms with van der Waals surface area (Å²) in [6.07, 6.45) is 1.71. The molecule has 1 fully saturated rings. The molecule has 6 nitrogen and oxygen atoms in total. The number of phenols is 1. The summed E-state index contributed by atoms with van der Waals surface area (Å²) in [7, 11) is -3.55. The van der Waals surface area contributed by atoms with Crippen LogP contribution < -0.4 is 0 Å². The van der Waals surface area contributed by atoms with Crippen molar-refractivity contribution in [3.05, 3.63) is 48.0 Å². The Morgan fingerprint density at radius 3 is 2.38 bits per heavy atom. The Bertz CT molecular complexity index is 886. The normalized spacial score (nSPS) is 15.5. The maximum Gasteiger partial charge on any atom is 0.335 e. The predicted molar refractivity (Wildman–Crippen MR) is 88.5 cm³/mol. The number of phenolic OH excluding ortho intramolecular Hbond substituents is 1. The van der Waals surface area contributed by atoms with Crippen molar-refractivity contribution in [3.8, 4) is 16.9 Å². The maximum absolute atomic E-state index is 12.6. The van der Waals surface area contributed by atoms with E-state index in [0.29, 0.717) is 24.2 Å². The lowest BCUT2D eigenvalue weighted by molar-refractivity contribution is 0.0696. The van der Waals surface area contributed by atoms with Gasteiger partial charge in [0.05, 0.1) is 10.5 Å². The molecule has 0 spiro atoms. The van der Waals surface area contributed by atoms with Gasteiger partial charge >= 0.3 is 5.97 Å². The first kappa shape index (κ1) is 16.5. The smallest absolute Gasteiger partial charge is 0.335 e. The number of hydrogen-bond donors (Lipinski definition) is 2. The highest BCUT2D eigenvalue weighted by Gasteiger charge is 2.27. The topological polar surface area (TPSA) is 94.9 Å². The van der Waals surface area contributed by atoms with Crippen LogP contribution in [0.3, 0.4) is 0 Å². The van der Waals surface area contributed by atoms with E-state index in [2.05, 4.69) is 0 Å². The zero-order valence-corrected chi connectivity index (χ0v) is 13.7. The Kier molecular flexibility index (Phi) is 4.29. The molecule has 0 unspecified atom stereocenters. The average molecular weight is 347 g/mol. The van der Waals surface area contributed by atoms with Crippen molar-refractivity contribution in [2.24, 2.45) is 0 Å². The first-order valence-electron chi connectivity index (χ1n) is 7.56. The highest BCUT2D eigenvalue weighted by Crippen LogP contribution is 2.32. The molecular weight excluding hydrogens is 330 g/mol. The van der Waals surface area contributed by atoms with Gasteiger partial charge in [0.25, 0.3) is 0 Å². The molecular formula is C17H17NO5S. The number of benzene rings is 2.